The molecular formula is C27H37N3O6S. The minimum absolute atomic E-state index is 0.0394. The van der Waals surface area contributed by atoms with E-state index in [1.54, 1.807) is 39.8 Å². The number of aryl methyl sites for hydroxylation is 3. The molecule has 4 N–H and O–H groups in total. The number of aromatic hydroxyl groups is 1. The number of hydrogen-bond acceptors (Lipinski definition) is 7. The highest BCUT2D eigenvalue weighted by Crippen LogP contribution is 2.29. The van der Waals surface area contributed by atoms with Crippen molar-refractivity contribution in [3.8, 4) is 5.75 Å². The van der Waals surface area contributed by atoms with Crippen LogP contribution >= 0.6 is 12.6 Å². The molecule has 0 aromatic heterocycles. The Bertz CT molecular complexity index is 1110. The van der Waals surface area contributed by atoms with Gasteiger partial charge in [-0.1, -0.05) is 24.3 Å². The van der Waals surface area contributed by atoms with Gasteiger partial charge in [-0.15, -0.1) is 0 Å². The molecule has 2 aromatic carbocycles. The summed E-state index contributed by atoms with van der Waals surface area (Å²) < 4.78 is 5.28. The highest BCUT2D eigenvalue weighted by Gasteiger charge is 2.36. The Kier molecular flexibility index (Phi) is 10.4. The normalized spacial score (nSPS) is 12.9. The Morgan fingerprint density at radius 2 is 1.68 bits per heavy atom. The molecule has 0 spiro atoms. The van der Waals surface area contributed by atoms with Crippen LogP contribution in [0, 0.1) is 20.8 Å². The van der Waals surface area contributed by atoms with E-state index in [-0.39, 0.29) is 18.0 Å². The number of phenolic OH excluding ortho intramolecular Hbond substituents is 1. The van der Waals surface area contributed by atoms with Gasteiger partial charge in [-0.2, -0.15) is 12.6 Å². The number of amides is 3. The van der Waals surface area contributed by atoms with Crippen molar-refractivity contribution in [2.75, 3.05) is 24.2 Å². The summed E-state index contributed by atoms with van der Waals surface area (Å²) >= 11 is 4.23. The van der Waals surface area contributed by atoms with E-state index >= 15 is 0 Å². The number of nitrogens with zero attached hydrogens (tertiary/aromatic N) is 1. The molecule has 9 nitrogen and oxygen atoms in total. The zero-order valence-corrected chi connectivity index (χ0v) is 23.1. The van der Waals surface area contributed by atoms with Crippen molar-refractivity contribution >= 4 is 36.2 Å². The van der Waals surface area contributed by atoms with Gasteiger partial charge in [0.15, 0.2) is 0 Å². The van der Waals surface area contributed by atoms with Gasteiger partial charge in [0.25, 0.3) is 5.91 Å². The summed E-state index contributed by atoms with van der Waals surface area (Å²) in [5.41, 5.74) is 2.45. The molecule has 0 heterocycles. The number of rotatable bonds is 9. The molecule has 2 unspecified atom stereocenters. The lowest BCUT2D eigenvalue weighted by atomic mass is 9.99. The van der Waals surface area contributed by atoms with Gasteiger partial charge in [0.2, 0.25) is 5.91 Å². The van der Waals surface area contributed by atoms with Gasteiger partial charge < -0.3 is 30.5 Å². The smallest absolute Gasteiger partial charge is 0.408 e. The predicted molar refractivity (Wildman–Crippen MR) is 146 cm³/mol. The monoisotopic (exact) mass is 531 g/mol. The van der Waals surface area contributed by atoms with Gasteiger partial charge in [0.1, 0.15) is 23.4 Å². The van der Waals surface area contributed by atoms with Crippen LogP contribution in [0.1, 0.15) is 49.1 Å². The fraction of sp³-hybridized carbons (Fsp3) is 0.444. The van der Waals surface area contributed by atoms with Gasteiger partial charge in [-0.05, 0) is 75.9 Å². The summed E-state index contributed by atoms with van der Waals surface area (Å²) in [5, 5.41) is 25.3. The Hall–Kier alpha value is -3.24. The van der Waals surface area contributed by atoms with Crippen molar-refractivity contribution in [2.24, 2.45) is 0 Å². The van der Waals surface area contributed by atoms with Crippen LogP contribution in [0.4, 0.5) is 10.5 Å². The van der Waals surface area contributed by atoms with Crippen LogP contribution in [0.2, 0.25) is 0 Å². The molecule has 2 rings (SSSR count). The molecule has 3 amide bonds. The zero-order valence-electron chi connectivity index (χ0n) is 22.2. The minimum atomic E-state index is -1.18. The number of phenols is 1. The van der Waals surface area contributed by atoms with E-state index in [1.165, 1.54) is 11.0 Å². The predicted octanol–water partition coefficient (Wildman–Crippen LogP) is 3.64. The lowest BCUT2D eigenvalue weighted by molar-refractivity contribution is -0.140. The molecule has 0 aliphatic carbocycles. The fourth-order valence-electron chi connectivity index (χ4n) is 3.83. The number of aliphatic hydroxyl groups is 1. The van der Waals surface area contributed by atoms with E-state index in [0.29, 0.717) is 16.8 Å². The Morgan fingerprint density at radius 1 is 1.05 bits per heavy atom. The van der Waals surface area contributed by atoms with E-state index in [9.17, 15) is 24.6 Å². The van der Waals surface area contributed by atoms with Crippen LogP contribution in [0.15, 0.2) is 36.4 Å². The van der Waals surface area contributed by atoms with Crippen molar-refractivity contribution < 1.29 is 29.3 Å². The molecular weight excluding hydrogens is 494 g/mol. The first kappa shape index (κ1) is 30.0. The van der Waals surface area contributed by atoms with Crippen molar-refractivity contribution in [3.63, 3.8) is 0 Å². The molecule has 37 heavy (non-hydrogen) atoms. The van der Waals surface area contributed by atoms with Crippen LogP contribution in [-0.4, -0.2) is 63.6 Å². The van der Waals surface area contributed by atoms with Crippen LogP contribution in [0.25, 0.3) is 0 Å². The fourth-order valence-corrected chi connectivity index (χ4v) is 4.08. The standard InChI is InChI=1S/C27H37N3O6S/c1-16-8-7-9-17(2)22(16)29-24(33)23(19-10-11-21(32)18(3)14-19)30(12-13-31)25(34)20(15-37)28-26(35)36-27(4,5)6/h7-11,14,20,23,31-32,37H,12-13,15H2,1-6H3,(H,28,35)(H,29,33). The lowest BCUT2D eigenvalue weighted by Gasteiger charge is -2.34. The zero-order chi connectivity index (χ0) is 27.9. The number of anilines is 1. The first-order valence-corrected chi connectivity index (χ1v) is 12.6. The largest absolute Gasteiger partial charge is 0.508 e. The number of carbonyl (C=O) groups is 3. The van der Waals surface area contributed by atoms with E-state index in [4.69, 9.17) is 4.74 Å². The first-order valence-electron chi connectivity index (χ1n) is 12.0. The van der Waals surface area contributed by atoms with E-state index in [1.807, 2.05) is 32.0 Å². The minimum Gasteiger partial charge on any atom is -0.508 e. The second-order valence-electron chi connectivity index (χ2n) is 9.84. The van der Waals surface area contributed by atoms with Crippen LogP contribution < -0.4 is 10.6 Å². The maximum atomic E-state index is 13.8. The number of thiol groups is 1. The number of benzene rings is 2. The number of alkyl carbamates (subject to hydrolysis) is 1. The van der Waals surface area contributed by atoms with E-state index in [0.717, 1.165) is 11.1 Å². The Morgan fingerprint density at radius 3 is 2.19 bits per heavy atom. The number of hydrogen-bond donors (Lipinski definition) is 5. The third-order valence-corrected chi connectivity index (χ3v) is 5.99. The van der Waals surface area contributed by atoms with Crippen molar-refractivity contribution in [1.29, 1.82) is 0 Å². The van der Waals surface area contributed by atoms with Gasteiger partial charge >= 0.3 is 6.09 Å². The molecule has 0 saturated heterocycles. The van der Waals surface area contributed by atoms with E-state index < -0.39 is 42.2 Å². The molecule has 10 heteroatoms. The van der Waals surface area contributed by atoms with Crippen molar-refractivity contribution in [1.82, 2.24) is 10.2 Å². The number of nitrogens with one attached hydrogen (secondary N) is 2. The third-order valence-electron chi connectivity index (χ3n) is 5.62. The summed E-state index contributed by atoms with van der Waals surface area (Å²) in [6.45, 7) is 9.88. The summed E-state index contributed by atoms with van der Waals surface area (Å²) in [6.07, 6.45) is -0.805. The van der Waals surface area contributed by atoms with Gasteiger partial charge in [-0.25, -0.2) is 4.79 Å². The molecule has 0 saturated carbocycles. The van der Waals surface area contributed by atoms with E-state index in [2.05, 4.69) is 23.3 Å². The number of ether oxygens (including phenoxy) is 1. The third kappa shape index (κ3) is 8.13. The van der Waals surface area contributed by atoms with Crippen molar-refractivity contribution in [3.05, 3.63) is 58.7 Å². The highest BCUT2D eigenvalue weighted by molar-refractivity contribution is 7.80. The summed E-state index contributed by atoms with van der Waals surface area (Å²) in [7, 11) is 0. The second kappa shape index (κ2) is 12.8. The Labute approximate surface area is 223 Å². The average Bonchev–Trinajstić information content (AvgIpc) is 2.80. The van der Waals surface area contributed by atoms with Gasteiger partial charge in [0.05, 0.1) is 6.61 Å². The van der Waals surface area contributed by atoms with Gasteiger partial charge in [-0.3, -0.25) is 9.59 Å². The molecule has 2 atom stereocenters. The molecule has 2 aromatic rings. The lowest BCUT2D eigenvalue weighted by Crippen LogP contribution is -2.53. The summed E-state index contributed by atoms with van der Waals surface area (Å²) in [6, 6.07) is 7.90. The van der Waals surface area contributed by atoms with Crippen LogP contribution in [-0.2, 0) is 14.3 Å². The molecule has 0 fully saturated rings. The SMILES string of the molecule is Cc1cc(C(C(=O)Nc2c(C)cccc2C)N(CCO)C(=O)C(CS)NC(=O)OC(C)(C)C)ccc1O. The highest BCUT2D eigenvalue weighted by atomic mass is 32.1. The van der Waals surface area contributed by atoms with Crippen LogP contribution in [0.3, 0.4) is 0 Å². The topological polar surface area (TPSA) is 128 Å². The summed E-state index contributed by atoms with van der Waals surface area (Å²) in [4.78, 5) is 41.1. The molecule has 202 valence electrons. The van der Waals surface area contributed by atoms with Gasteiger partial charge in [0, 0.05) is 18.0 Å². The maximum Gasteiger partial charge on any atom is 0.408 e. The first-order chi connectivity index (χ1) is 17.3. The van der Waals surface area contributed by atoms with Crippen molar-refractivity contribution in [2.45, 2.75) is 59.2 Å². The number of aliphatic hydroxyl groups excluding tert-OH is 1. The number of carbonyl (C=O) groups excluding carboxylic acids is 3. The maximum absolute atomic E-state index is 13.8. The van der Waals surface area contributed by atoms with Crippen LogP contribution in [0.5, 0.6) is 5.75 Å². The molecule has 0 aliphatic rings. The number of para-hydroxylation sites is 1. The molecule has 0 bridgehead atoms. The molecule has 0 aliphatic heterocycles. The second-order valence-corrected chi connectivity index (χ2v) is 10.2. The summed E-state index contributed by atoms with van der Waals surface area (Å²) in [5.74, 6) is -1.17. The average molecular weight is 532 g/mol. The quantitative estimate of drug-likeness (QED) is 0.314. The Balaban J connectivity index is 2.52. The molecule has 0 radical (unpaired) electrons.